The largest absolute Gasteiger partial charge is 0.376 e. The molecule has 0 bridgehead atoms. The van der Waals surface area contributed by atoms with Gasteiger partial charge in [-0.15, -0.1) is 0 Å². The first-order valence-electron chi connectivity index (χ1n) is 8.38. The SMILES string of the molecule is CCCC(=O)N(CC1CCCO1)c1nc2c(C)cc(C)cc2s1. The van der Waals surface area contributed by atoms with Crippen LogP contribution >= 0.6 is 11.3 Å². The molecule has 1 unspecified atom stereocenters. The minimum atomic E-state index is 0.144. The maximum absolute atomic E-state index is 12.6. The summed E-state index contributed by atoms with van der Waals surface area (Å²) in [5.41, 5.74) is 3.41. The summed E-state index contributed by atoms with van der Waals surface area (Å²) in [7, 11) is 0. The summed E-state index contributed by atoms with van der Waals surface area (Å²) >= 11 is 1.61. The molecular formula is C18H24N2O2S. The van der Waals surface area contributed by atoms with Gasteiger partial charge in [-0.05, 0) is 50.3 Å². The lowest BCUT2D eigenvalue weighted by molar-refractivity contribution is -0.119. The predicted octanol–water partition coefficient (Wildman–Crippen LogP) is 4.23. The zero-order valence-electron chi connectivity index (χ0n) is 14.1. The molecule has 1 amide bonds. The molecule has 3 rings (SSSR count). The number of hydrogen-bond donors (Lipinski definition) is 0. The first-order chi connectivity index (χ1) is 11.1. The summed E-state index contributed by atoms with van der Waals surface area (Å²) in [6.07, 6.45) is 3.66. The van der Waals surface area contributed by atoms with Crippen LogP contribution in [0, 0.1) is 13.8 Å². The van der Waals surface area contributed by atoms with Crippen molar-refractivity contribution >= 4 is 32.6 Å². The number of anilines is 1. The molecule has 0 saturated carbocycles. The van der Waals surface area contributed by atoms with Crippen LogP contribution in [-0.4, -0.2) is 30.1 Å². The number of carbonyl (C=O) groups is 1. The molecule has 0 radical (unpaired) electrons. The molecule has 124 valence electrons. The smallest absolute Gasteiger partial charge is 0.228 e. The summed E-state index contributed by atoms with van der Waals surface area (Å²) in [6, 6.07) is 4.29. The molecule has 1 fully saturated rings. The monoisotopic (exact) mass is 332 g/mol. The van der Waals surface area contributed by atoms with Crippen LogP contribution in [0.2, 0.25) is 0 Å². The second kappa shape index (κ2) is 6.97. The number of carbonyl (C=O) groups excluding carboxylic acids is 1. The Hall–Kier alpha value is -1.46. The van der Waals surface area contributed by atoms with E-state index in [4.69, 9.17) is 9.72 Å². The fourth-order valence-electron chi connectivity index (χ4n) is 3.10. The van der Waals surface area contributed by atoms with E-state index in [1.807, 2.05) is 11.8 Å². The third-order valence-electron chi connectivity index (χ3n) is 4.22. The van der Waals surface area contributed by atoms with E-state index in [1.165, 1.54) is 11.1 Å². The third-order valence-corrected chi connectivity index (χ3v) is 5.25. The summed E-state index contributed by atoms with van der Waals surface area (Å²) in [5.74, 6) is 0.149. The van der Waals surface area contributed by atoms with Gasteiger partial charge in [0.25, 0.3) is 0 Å². The van der Waals surface area contributed by atoms with Crippen LogP contribution in [0.5, 0.6) is 0 Å². The Labute approximate surface area is 141 Å². The summed E-state index contributed by atoms with van der Waals surface area (Å²) in [5, 5.41) is 0.808. The number of amides is 1. The van der Waals surface area contributed by atoms with Crippen LogP contribution < -0.4 is 4.90 Å². The Morgan fingerprint density at radius 2 is 2.26 bits per heavy atom. The van der Waals surface area contributed by atoms with Crippen LogP contribution in [0.1, 0.15) is 43.7 Å². The van der Waals surface area contributed by atoms with Gasteiger partial charge in [0.2, 0.25) is 5.91 Å². The van der Waals surface area contributed by atoms with Gasteiger partial charge in [0.05, 0.1) is 22.9 Å². The Kier molecular flexibility index (Phi) is 4.97. The molecule has 1 atom stereocenters. The van der Waals surface area contributed by atoms with Crippen molar-refractivity contribution in [3.63, 3.8) is 0 Å². The average molecular weight is 332 g/mol. The van der Waals surface area contributed by atoms with Crippen molar-refractivity contribution in [3.05, 3.63) is 23.3 Å². The van der Waals surface area contributed by atoms with E-state index >= 15 is 0 Å². The lowest BCUT2D eigenvalue weighted by atomic mass is 10.1. The zero-order valence-corrected chi connectivity index (χ0v) is 14.9. The number of aromatic nitrogens is 1. The van der Waals surface area contributed by atoms with Crippen LogP contribution in [0.15, 0.2) is 12.1 Å². The number of hydrogen-bond acceptors (Lipinski definition) is 4. The van der Waals surface area contributed by atoms with E-state index in [0.29, 0.717) is 13.0 Å². The molecule has 0 spiro atoms. The first-order valence-corrected chi connectivity index (χ1v) is 9.20. The standard InChI is InChI=1S/C18H24N2O2S/c1-4-6-16(21)20(11-14-7-5-8-22-14)18-19-17-13(3)9-12(2)10-15(17)23-18/h9-10,14H,4-8,11H2,1-3H3. The van der Waals surface area contributed by atoms with Crippen molar-refractivity contribution in [2.75, 3.05) is 18.1 Å². The Morgan fingerprint density at radius 1 is 1.43 bits per heavy atom. The number of nitrogens with zero attached hydrogens (tertiary/aromatic N) is 2. The van der Waals surface area contributed by atoms with Gasteiger partial charge in [0.15, 0.2) is 5.13 Å². The molecule has 1 saturated heterocycles. The van der Waals surface area contributed by atoms with Gasteiger partial charge >= 0.3 is 0 Å². The Balaban J connectivity index is 1.94. The maximum Gasteiger partial charge on any atom is 0.228 e. The van der Waals surface area contributed by atoms with Gasteiger partial charge in [-0.3, -0.25) is 9.69 Å². The lowest BCUT2D eigenvalue weighted by Crippen LogP contribution is -2.37. The quantitative estimate of drug-likeness (QED) is 0.823. The van der Waals surface area contributed by atoms with Crippen LogP contribution in [0.25, 0.3) is 10.2 Å². The van der Waals surface area contributed by atoms with E-state index in [1.54, 1.807) is 11.3 Å². The van der Waals surface area contributed by atoms with Crippen molar-refractivity contribution in [1.82, 2.24) is 4.98 Å². The minimum Gasteiger partial charge on any atom is -0.376 e. The number of fused-ring (bicyclic) bond motifs is 1. The highest BCUT2D eigenvalue weighted by Crippen LogP contribution is 2.32. The highest BCUT2D eigenvalue weighted by molar-refractivity contribution is 7.22. The number of thiazole rings is 1. The third kappa shape index (κ3) is 3.56. The number of rotatable bonds is 5. The van der Waals surface area contributed by atoms with Crippen LogP contribution in [0.3, 0.4) is 0 Å². The second-order valence-electron chi connectivity index (χ2n) is 6.31. The molecule has 0 N–H and O–H groups in total. The summed E-state index contributed by atoms with van der Waals surface area (Å²) in [6.45, 7) is 7.64. The van der Waals surface area contributed by atoms with E-state index in [2.05, 4.69) is 26.0 Å². The van der Waals surface area contributed by atoms with Crippen molar-refractivity contribution in [3.8, 4) is 0 Å². The maximum atomic E-state index is 12.6. The number of aryl methyl sites for hydroxylation is 2. The van der Waals surface area contributed by atoms with Gasteiger partial charge in [-0.2, -0.15) is 0 Å². The Bertz CT molecular complexity index is 704. The summed E-state index contributed by atoms with van der Waals surface area (Å²) < 4.78 is 6.89. The van der Waals surface area contributed by atoms with E-state index in [0.717, 1.165) is 41.2 Å². The molecule has 1 aliphatic heterocycles. The van der Waals surface area contributed by atoms with E-state index in [-0.39, 0.29) is 12.0 Å². The van der Waals surface area contributed by atoms with Crippen LogP contribution in [-0.2, 0) is 9.53 Å². The van der Waals surface area contributed by atoms with E-state index < -0.39 is 0 Å². The first kappa shape index (κ1) is 16.4. The summed E-state index contributed by atoms with van der Waals surface area (Å²) in [4.78, 5) is 19.2. The fraction of sp³-hybridized carbons (Fsp3) is 0.556. The van der Waals surface area contributed by atoms with Crippen molar-refractivity contribution in [2.45, 2.75) is 52.6 Å². The molecule has 1 aromatic carbocycles. The average Bonchev–Trinajstić information content (AvgIpc) is 3.13. The molecule has 2 heterocycles. The predicted molar refractivity (Wildman–Crippen MR) is 95.3 cm³/mol. The second-order valence-corrected chi connectivity index (χ2v) is 7.32. The molecule has 4 nitrogen and oxygen atoms in total. The highest BCUT2D eigenvalue weighted by atomic mass is 32.1. The van der Waals surface area contributed by atoms with Gasteiger partial charge in [0, 0.05) is 13.0 Å². The van der Waals surface area contributed by atoms with Gasteiger partial charge in [0.1, 0.15) is 0 Å². The van der Waals surface area contributed by atoms with Gasteiger partial charge < -0.3 is 4.74 Å². The van der Waals surface area contributed by atoms with E-state index in [9.17, 15) is 4.79 Å². The normalized spacial score (nSPS) is 17.8. The molecule has 1 aliphatic rings. The number of ether oxygens (including phenoxy) is 1. The molecule has 2 aromatic rings. The number of benzene rings is 1. The fourth-order valence-corrected chi connectivity index (χ4v) is 4.27. The zero-order chi connectivity index (χ0) is 16.4. The molecule has 5 heteroatoms. The molecule has 1 aromatic heterocycles. The van der Waals surface area contributed by atoms with Gasteiger partial charge in [-0.25, -0.2) is 4.98 Å². The Morgan fingerprint density at radius 3 is 2.96 bits per heavy atom. The highest BCUT2D eigenvalue weighted by Gasteiger charge is 2.25. The molecule has 0 aliphatic carbocycles. The minimum absolute atomic E-state index is 0.144. The lowest BCUT2D eigenvalue weighted by Gasteiger charge is -2.22. The van der Waals surface area contributed by atoms with Crippen molar-refractivity contribution < 1.29 is 9.53 Å². The van der Waals surface area contributed by atoms with Crippen molar-refractivity contribution in [2.24, 2.45) is 0 Å². The van der Waals surface area contributed by atoms with Gasteiger partial charge in [-0.1, -0.05) is 24.3 Å². The van der Waals surface area contributed by atoms with Crippen molar-refractivity contribution in [1.29, 1.82) is 0 Å². The van der Waals surface area contributed by atoms with Crippen LogP contribution in [0.4, 0.5) is 5.13 Å². The topological polar surface area (TPSA) is 42.4 Å². The molecular weight excluding hydrogens is 308 g/mol. The molecule has 23 heavy (non-hydrogen) atoms.